The molecule has 3 heteroatoms. The minimum absolute atomic E-state index is 0.000593. The quantitative estimate of drug-likeness (QED) is 0.0901. The van der Waals surface area contributed by atoms with Gasteiger partial charge in [-0.15, -0.1) is 0 Å². The van der Waals surface area contributed by atoms with Crippen molar-refractivity contribution < 1.29 is 9.53 Å². The van der Waals surface area contributed by atoms with Crippen LogP contribution < -0.4 is 0 Å². The average molecular weight is 495 g/mol. The van der Waals surface area contributed by atoms with Crippen molar-refractivity contribution in [1.82, 2.24) is 0 Å². The first-order valence-corrected chi connectivity index (χ1v) is 16.0. The molecule has 0 radical (unpaired) electrons. The molecule has 2 nitrogen and oxygen atoms in total. The zero-order chi connectivity index (χ0) is 24.9. The highest BCUT2D eigenvalue weighted by atomic mass is 32.2. The Balaban J connectivity index is 1.84. The lowest BCUT2D eigenvalue weighted by Gasteiger charge is -2.31. The topological polar surface area (TPSA) is 26.3 Å². The number of thioether (sulfide) groups is 1. The molecule has 2 unspecified atom stereocenters. The molecule has 0 saturated heterocycles. The molecule has 200 valence electrons. The number of carbonyl (C=O) groups excluding carboxylic acids is 1. The SMILES string of the molecule is CCCCCCCCCCCCCCCCCCOC(=O)CCSC1CC(=C(C)C)CCC1C. The van der Waals surface area contributed by atoms with E-state index in [1.165, 1.54) is 121 Å². The van der Waals surface area contributed by atoms with Gasteiger partial charge < -0.3 is 4.74 Å². The van der Waals surface area contributed by atoms with E-state index in [1.807, 2.05) is 11.8 Å². The van der Waals surface area contributed by atoms with E-state index < -0.39 is 0 Å². The second-order valence-corrected chi connectivity index (χ2v) is 12.4. The van der Waals surface area contributed by atoms with Crippen LogP contribution in [0.3, 0.4) is 0 Å². The molecular formula is C31H58O2S. The molecule has 1 saturated carbocycles. The maximum absolute atomic E-state index is 12.1. The van der Waals surface area contributed by atoms with Crippen LogP contribution in [-0.2, 0) is 9.53 Å². The molecule has 2 atom stereocenters. The Morgan fingerprint density at radius 2 is 1.32 bits per heavy atom. The smallest absolute Gasteiger partial charge is 0.306 e. The maximum atomic E-state index is 12.1. The van der Waals surface area contributed by atoms with Crippen molar-refractivity contribution in [3.8, 4) is 0 Å². The third-order valence-corrected chi connectivity index (χ3v) is 9.09. The zero-order valence-electron chi connectivity index (χ0n) is 23.4. The van der Waals surface area contributed by atoms with E-state index in [2.05, 4.69) is 27.7 Å². The fourth-order valence-electron chi connectivity index (χ4n) is 5.01. The van der Waals surface area contributed by atoms with E-state index in [1.54, 1.807) is 5.57 Å². The molecule has 0 bridgehead atoms. The fourth-order valence-corrected chi connectivity index (χ4v) is 6.38. The Kier molecular flexibility index (Phi) is 20.3. The van der Waals surface area contributed by atoms with Crippen molar-refractivity contribution in [2.75, 3.05) is 12.4 Å². The van der Waals surface area contributed by atoms with Gasteiger partial charge in [-0.2, -0.15) is 11.8 Å². The predicted octanol–water partition coefficient (Wildman–Crippen LogP) is 10.4. The summed E-state index contributed by atoms with van der Waals surface area (Å²) in [6, 6.07) is 0. The Labute approximate surface area is 217 Å². The first-order valence-electron chi connectivity index (χ1n) is 15.0. The molecule has 0 amide bonds. The Bertz CT molecular complexity index is 524. The predicted molar refractivity (Wildman–Crippen MR) is 153 cm³/mol. The minimum Gasteiger partial charge on any atom is -0.466 e. The van der Waals surface area contributed by atoms with Crippen molar-refractivity contribution in [3.63, 3.8) is 0 Å². The van der Waals surface area contributed by atoms with Gasteiger partial charge in [0.05, 0.1) is 13.0 Å². The summed E-state index contributed by atoms with van der Waals surface area (Å²) in [7, 11) is 0. The Morgan fingerprint density at radius 3 is 1.82 bits per heavy atom. The number of hydrogen-bond acceptors (Lipinski definition) is 3. The normalized spacial score (nSPS) is 18.3. The monoisotopic (exact) mass is 494 g/mol. The highest BCUT2D eigenvalue weighted by molar-refractivity contribution is 7.99. The minimum atomic E-state index is -0.000593. The van der Waals surface area contributed by atoms with Crippen molar-refractivity contribution in [2.45, 2.75) is 161 Å². The van der Waals surface area contributed by atoms with Gasteiger partial charge in [0.1, 0.15) is 0 Å². The van der Waals surface area contributed by atoms with Crippen LogP contribution in [0.1, 0.15) is 156 Å². The third kappa shape index (κ3) is 17.1. The first-order chi connectivity index (χ1) is 16.5. The molecule has 0 spiro atoms. The first kappa shape index (κ1) is 31.6. The summed E-state index contributed by atoms with van der Waals surface area (Å²) < 4.78 is 5.48. The largest absolute Gasteiger partial charge is 0.466 e. The van der Waals surface area contributed by atoms with Gasteiger partial charge in [0.2, 0.25) is 0 Å². The van der Waals surface area contributed by atoms with Gasteiger partial charge in [-0.05, 0) is 45.4 Å². The summed E-state index contributed by atoms with van der Waals surface area (Å²) in [4.78, 5) is 12.1. The van der Waals surface area contributed by atoms with Crippen LogP contribution in [-0.4, -0.2) is 23.6 Å². The summed E-state index contributed by atoms with van der Waals surface area (Å²) in [6.07, 6.45) is 26.3. The van der Waals surface area contributed by atoms with Crippen LogP contribution in [0.25, 0.3) is 0 Å². The average Bonchev–Trinajstić information content (AvgIpc) is 2.82. The highest BCUT2D eigenvalue weighted by Crippen LogP contribution is 2.37. The van der Waals surface area contributed by atoms with Crippen molar-refractivity contribution in [1.29, 1.82) is 0 Å². The number of ether oxygens (including phenoxy) is 1. The van der Waals surface area contributed by atoms with E-state index in [0.717, 1.165) is 18.1 Å². The van der Waals surface area contributed by atoms with Crippen LogP contribution in [0, 0.1) is 5.92 Å². The Hall–Kier alpha value is -0.440. The van der Waals surface area contributed by atoms with Gasteiger partial charge >= 0.3 is 5.97 Å². The molecule has 0 heterocycles. The van der Waals surface area contributed by atoms with Crippen LogP contribution >= 0.6 is 11.8 Å². The van der Waals surface area contributed by atoms with E-state index in [4.69, 9.17) is 4.74 Å². The van der Waals surface area contributed by atoms with Gasteiger partial charge in [0, 0.05) is 11.0 Å². The summed E-state index contributed by atoms with van der Waals surface area (Å²) in [6.45, 7) is 9.75. The number of unbranched alkanes of at least 4 members (excludes halogenated alkanes) is 15. The Morgan fingerprint density at radius 1 is 0.824 bits per heavy atom. The second kappa shape index (κ2) is 21.8. The summed E-state index contributed by atoms with van der Waals surface area (Å²) in [5.41, 5.74) is 3.14. The van der Waals surface area contributed by atoms with Gasteiger partial charge in [-0.1, -0.05) is 121 Å². The molecule has 0 aromatic carbocycles. The van der Waals surface area contributed by atoms with Gasteiger partial charge in [-0.25, -0.2) is 0 Å². The molecule has 1 aliphatic rings. The van der Waals surface area contributed by atoms with Crippen molar-refractivity contribution >= 4 is 17.7 Å². The van der Waals surface area contributed by atoms with E-state index in [-0.39, 0.29) is 5.97 Å². The molecule has 0 aromatic rings. The number of allylic oxidation sites excluding steroid dienone is 2. The molecule has 0 N–H and O–H groups in total. The van der Waals surface area contributed by atoms with Gasteiger partial charge in [0.25, 0.3) is 0 Å². The van der Waals surface area contributed by atoms with Crippen LogP contribution in [0.4, 0.5) is 0 Å². The summed E-state index contributed by atoms with van der Waals surface area (Å²) in [5, 5.41) is 0.673. The zero-order valence-corrected chi connectivity index (χ0v) is 24.3. The standard InChI is InChI=1S/C31H58O2S/c1-5-6-7-8-9-10-11-12-13-14-15-16-17-18-19-20-24-33-31(32)23-25-34-30-26-29(27(2)3)22-21-28(30)4/h28,30H,5-26H2,1-4H3. The molecule has 1 rings (SSSR count). The molecule has 1 fully saturated rings. The lowest BCUT2D eigenvalue weighted by Crippen LogP contribution is -2.22. The van der Waals surface area contributed by atoms with E-state index >= 15 is 0 Å². The van der Waals surface area contributed by atoms with Crippen molar-refractivity contribution in [2.24, 2.45) is 5.92 Å². The van der Waals surface area contributed by atoms with E-state index in [0.29, 0.717) is 18.3 Å². The molecule has 34 heavy (non-hydrogen) atoms. The van der Waals surface area contributed by atoms with E-state index in [9.17, 15) is 4.79 Å². The molecule has 0 aromatic heterocycles. The van der Waals surface area contributed by atoms with Gasteiger partial charge in [-0.3, -0.25) is 4.79 Å². The second-order valence-electron chi connectivity index (χ2n) is 11.0. The molecular weight excluding hydrogens is 436 g/mol. The van der Waals surface area contributed by atoms with Crippen LogP contribution in [0.15, 0.2) is 11.1 Å². The summed E-state index contributed by atoms with van der Waals surface area (Å²) >= 11 is 1.99. The molecule has 1 aliphatic carbocycles. The lowest BCUT2D eigenvalue weighted by molar-refractivity contribution is -0.143. The number of esters is 1. The highest BCUT2D eigenvalue weighted by Gasteiger charge is 2.25. The lowest BCUT2D eigenvalue weighted by atomic mass is 9.85. The van der Waals surface area contributed by atoms with Crippen LogP contribution in [0.5, 0.6) is 0 Å². The number of carbonyl (C=O) groups is 1. The maximum Gasteiger partial charge on any atom is 0.306 e. The van der Waals surface area contributed by atoms with Crippen LogP contribution in [0.2, 0.25) is 0 Å². The number of rotatable bonds is 21. The number of hydrogen-bond donors (Lipinski definition) is 0. The van der Waals surface area contributed by atoms with Gasteiger partial charge in [0.15, 0.2) is 0 Å². The summed E-state index contributed by atoms with van der Waals surface area (Å²) in [5.74, 6) is 1.66. The third-order valence-electron chi connectivity index (χ3n) is 7.59. The fraction of sp³-hybridized carbons (Fsp3) is 0.903. The molecule has 0 aliphatic heterocycles. The van der Waals surface area contributed by atoms with Crippen molar-refractivity contribution in [3.05, 3.63) is 11.1 Å².